The molecule has 0 bridgehead atoms. The van der Waals surface area contributed by atoms with Crippen LogP contribution < -0.4 is 22.6 Å². The number of nitrogen functional groups attached to an aromatic ring is 3. The van der Waals surface area contributed by atoms with Gasteiger partial charge in [-0.2, -0.15) is 32.2 Å². The van der Waals surface area contributed by atoms with Crippen LogP contribution in [-0.4, -0.2) is 67.0 Å². The van der Waals surface area contributed by atoms with E-state index in [0.29, 0.717) is 28.4 Å². The van der Waals surface area contributed by atoms with Crippen LogP contribution in [0, 0.1) is 0 Å². The van der Waals surface area contributed by atoms with Crippen LogP contribution in [-0.2, 0) is 20.2 Å². The van der Waals surface area contributed by atoms with Gasteiger partial charge in [-0.05, 0) is 83.4 Å². The normalized spacial score (nSPS) is 13.9. The fourth-order valence-electron chi connectivity index (χ4n) is 5.06. The number of nitrogens with two attached hydrogens (primary N) is 3. The Morgan fingerprint density at radius 3 is 1.79 bits per heavy atom. The van der Waals surface area contributed by atoms with Crippen LogP contribution in [0.15, 0.2) is 138 Å². The van der Waals surface area contributed by atoms with Crippen molar-refractivity contribution in [3.8, 4) is 11.1 Å². The number of allylic oxidation sites excluding steroid dienone is 1. The molecule has 5 aromatic carbocycles. The molecule has 0 spiro atoms. The Hall–Kier alpha value is -5.60. The van der Waals surface area contributed by atoms with Gasteiger partial charge in [0.2, 0.25) is 5.78 Å². The van der Waals surface area contributed by atoms with Crippen molar-refractivity contribution in [1.82, 2.24) is 0 Å². The second kappa shape index (κ2) is 15.6. The van der Waals surface area contributed by atoms with Crippen molar-refractivity contribution < 1.29 is 30.7 Å². The summed E-state index contributed by atoms with van der Waals surface area (Å²) >= 11 is 0. The van der Waals surface area contributed by atoms with Crippen LogP contribution in [0.4, 0.5) is 45.5 Å². The van der Waals surface area contributed by atoms with Crippen molar-refractivity contribution >= 4 is 113 Å². The number of rotatable bonds is 9. The number of carbonyl (C=O) groups excluding carboxylic acids is 1. The van der Waals surface area contributed by atoms with E-state index in [0.717, 1.165) is 23.3 Å². The summed E-state index contributed by atoms with van der Waals surface area (Å²) in [4.78, 5) is 11.9. The Labute approximate surface area is 325 Å². The largest absolute Gasteiger partial charge is 0.399 e. The Morgan fingerprint density at radius 2 is 1.25 bits per heavy atom. The second-order valence-corrected chi connectivity index (χ2v) is 13.9. The van der Waals surface area contributed by atoms with Crippen molar-refractivity contribution in [1.29, 1.82) is 0 Å². The van der Waals surface area contributed by atoms with Crippen molar-refractivity contribution in [2.45, 2.75) is 4.90 Å². The first-order valence-electron chi connectivity index (χ1n) is 14.9. The number of para-hydroxylation sites is 1. The molecule has 1 aliphatic carbocycles. The maximum atomic E-state index is 13.7. The molecule has 0 saturated heterocycles. The van der Waals surface area contributed by atoms with E-state index in [4.69, 9.17) is 17.2 Å². The first-order valence-corrected chi connectivity index (χ1v) is 17.8. The van der Waals surface area contributed by atoms with Crippen molar-refractivity contribution in [2.24, 2.45) is 25.6 Å². The summed E-state index contributed by atoms with van der Waals surface area (Å²) in [5.41, 5.74) is 22.1. The number of nitrogens with zero attached hydrogens (tertiary/aromatic N) is 5. The fourth-order valence-corrected chi connectivity index (χ4v) is 6.39. The molecule has 6 rings (SSSR count). The number of hydrazone groups is 1. The van der Waals surface area contributed by atoms with Crippen LogP contribution in [0.1, 0.15) is 15.9 Å². The van der Waals surface area contributed by atoms with Gasteiger partial charge in [0.25, 0.3) is 20.2 Å². The molecule has 0 aliphatic heterocycles. The molecule has 0 heterocycles. The van der Waals surface area contributed by atoms with E-state index < -0.39 is 52.9 Å². The number of azo groups is 2. The first kappa shape index (κ1) is 38.6. The van der Waals surface area contributed by atoms with Crippen LogP contribution in [0.25, 0.3) is 17.2 Å². The minimum atomic E-state index is -5.06. The summed E-state index contributed by atoms with van der Waals surface area (Å²) in [6.07, 6.45) is 0.813. The number of anilines is 4. The summed E-state index contributed by atoms with van der Waals surface area (Å²) in [6.45, 7) is 0. The minimum Gasteiger partial charge on any atom is -0.399 e. The number of hydrogen-bond donors (Lipinski definition) is 6. The van der Waals surface area contributed by atoms with Crippen LogP contribution >= 0.6 is 0 Å². The summed E-state index contributed by atoms with van der Waals surface area (Å²) in [5.74, 6) is -1.07. The minimum absolute atomic E-state index is 0. The monoisotopic (exact) mass is 760 g/mol. The third-order valence-corrected chi connectivity index (χ3v) is 9.31. The Kier molecular flexibility index (Phi) is 11.3. The smallest absolute Gasteiger partial charge is 0.296 e. The van der Waals surface area contributed by atoms with Crippen molar-refractivity contribution in [2.75, 3.05) is 22.6 Å². The van der Waals surface area contributed by atoms with Crippen molar-refractivity contribution in [3.05, 3.63) is 119 Å². The van der Waals surface area contributed by atoms with E-state index in [1.165, 1.54) is 0 Å². The Balaban J connectivity index is 0.00000541. The molecule has 0 saturated carbocycles. The zero-order chi connectivity index (χ0) is 37.2. The van der Waals surface area contributed by atoms with Crippen LogP contribution in [0.5, 0.6) is 0 Å². The SMILES string of the molecule is Nc1ccc(N=Nc2ccc(-c3ccc(N=Nc4c(S(=O)(=O)O)cc5c(c4N)C(=O)C(=NNc4ccccc4)C(S(=O)(=O)O)=C5)cc3)cc2)c(N)c1.[Na]. The molecule has 0 atom stereocenters. The average Bonchev–Trinajstić information content (AvgIpc) is 3.10. The zero-order valence-electron chi connectivity index (χ0n) is 27.6. The van der Waals surface area contributed by atoms with Gasteiger partial charge in [-0.25, -0.2) is 0 Å². The molecular formula is C34H27N9NaO7S2. The number of carbonyl (C=O) groups is 1. The van der Waals surface area contributed by atoms with Gasteiger partial charge in [-0.1, -0.05) is 42.5 Å². The van der Waals surface area contributed by atoms with E-state index in [1.807, 2.05) is 12.1 Å². The quantitative estimate of drug-likeness (QED) is 0.0302. The van der Waals surface area contributed by atoms with E-state index in [1.54, 1.807) is 84.9 Å². The molecule has 1 radical (unpaired) electrons. The third-order valence-electron chi connectivity index (χ3n) is 7.58. The molecule has 5 aromatic rings. The van der Waals surface area contributed by atoms with Crippen molar-refractivity contribution in [3.63, 3.8) is 0 Å². The molecular weight excluding hydrogens is 734 g/mol. The molecule has 0 fully saturated rings. The molecule has 9 N–H and O–H groups in total. The van der Waals surface area contributed by atoms with E-state index in [9.17, 15) is 30.7 Å². The standard InChI is InChI=1S/C34H27N9O7S2.Na/c35-22-10-15-27(26(36)18-22)41-38-24-11-6-19(7-12-24)20-8-13-25(14-9-20)40-42-32-28(51(45,46)47)16-21-17-29(52(48,49)50)33(34(44)30(21)31(32)37)43-39-23-4-2-1-3-5-23;/h1-18,39H,35-37H2,(H,45,46,47)(H,48,49,50);. The Morgan fingerprint density at radius 1 is 0.660 bits per heavy atom. The van der Waals surface area contributed by atoms with Gasteiger partial charge in [-0.15, -0.1) is 10.2 Å². The summed E-state index contributed by atoms with van der Waals surface area (Å²) in [5, 5.41) is 20.3. The number of ketones is 1. The van der Waals surface area contributed by atoms with Gasteiger partial charge >= 0.3 is 0 Å². The number of hydrogen-bond acceptors (Lipinski definition) is 14. The first-order chi connectivity index (χ1) is 24.7. The molecule has 19 heteroatoms. The number of fused-ring (bicyclic) bond motifs is 1. The van der Waals surface area contributed by atoms with Gasteiger partial charge in [0.15, 0.2) is 5.71 Å². The molecule has 263 valence electrons. The predicted octanol–water partition coefficient (Wildman–Crippen LogP) is 6.69. The maximum absolute atomic E-state index is 13.7. The van der Waals surface area contributed by atoms with Gasteiger partial charge in [0.1, 0.15) is 21.2 Å². The molecule has 0 aromatic heterocycles. The van der Waals surface area contributed by atoms with Crippen LogP contribution in [0.3, 0.4) is 0 Å². The molecule has 0 unspecified atom stereocenters. The molecule has 16 nitrogen and oxygen atoms in total. The van der Waals surface area contributed by atoms with E-state index >= 15 is 0 Å². The van der Waals surface area contributed by atoms with Crippen LogP contribution in [0.2, 0.25) is 0 Å². The Bertz CT molecular complexity index is 2580. The van der Waals surface area contributed by atoms with Gasteiger partial charge in [0, 0.05) is 35.2 Å². The predicted molar refractivity (Wildman–Crippen MR) is 203 cm³/mol. The zero-order valence-corrected chi connectivity index (χ0v) is 31.2. The second-order valence-electron chi connectivity index (χ2n) is 11.1. The third kappa shape index (κ3) is 8.72. The fraction of sp³-hybridized carbons (Fsp3) is 0. The average molecular weight is 761 g/mol. The van der Waals surface area contributed by atoms with Gasteiger partial charge < -0.3 is 17.2 Å². The maximum Gasteiger partial charge on any atom is 0.296 e. The molecule has 1 aliphatic rings. The number of Topliss-reactive ketones (excluding diaryl/α,β-unsaturated/α-hetero) is 1. The molecule has 53 heavy (non-hydrogen) atoms. The van der Waals surface area contributed by atoms with Gasteiger partial charge in [-0.3, -0.25) is 19.3 Å². The summed E-state index contributed by atoms with van der Waals surface area (Å²) in [6, 6.07) is 27.8. The number of benzene rings is 5. The van der Waals surface area contributed by atoms with E-state index in [2.05, 4.69) is 31.0 Å². The molecule has 0 amide bonds. The topological polar surface area (TPSA) is 278 Å². The summed E-state index contributed by atoms with van der Waals surface area (Å²) in [7, 11) is -10.1. The van der Waals surface area contributed by atoms with E-state index in [-0.39, 0.29) is 46.4 Å². The summed E-state index contributed by atoms with van der Waals surface area (Å²) < 4.78 is 69.3. The number of nitrogens with one attached hydrogen (secondary N) is 1. The van der Waals surface area contributed by atoms with Gasteiger partial charge in [0.05, 0.1) is 34.0 Å².